The van der Waals surface area contributed by atoms with Gasteiger partial charge in [-0.15, -0.1) is 0 Å². The Morgan fingerprint density at radius 1 is 0.821 bits per heavy atom. The number of aliphatic hydroxyl groups excluding tert-OH is 1. The van der Waals surface area contributed by atoms with E-state index in [9.17, 15) is 5.11 Å². The minimum atomic E-state index is -0.0948. The monoisotopic (exact) mass is 388 g/mol. The first-order valence-electron chi connectivity index (χ1n) is 12.5. The molecule has 0 aromatic carbocycles. The summed E-state index contributed by atoms with van der Waals surface area (Å²) in [5.74, 6) is 2.17. The van der Waals surface area contributed by atoms with Crippen LogP contribution in [-0.2, 0) is 0 Å². The minimum Gasteiger partial charge on any atom is -0.393 e. The van der Waals surface area contributed by atoms with Gasteiger partial charge in [-0.25, -0.2) is 0 Å². The van der Waals surface area contributed by atoms with Gasteiger partial charge in [0.05, 0.1) is 6.10 Å². The van der Waals surface area contributed by atoms with Crippen molar-refractivity contribution in [3.63, 3.8) is 0 Å². The minimum absolute atomic E-state index is 0.0948. The molecular formula is C27H48O. The van der Waals surface area contributed by atoms with Crippen molar-refractivity contribution in [1.29, 1.82) is 0 Å². The average molecular weight is 389 g/mol. The van der Waals surface area contributed by atoms with Crippen LogP contribution >= 0.6 is 0 Å². The smallest absolute Gasteiger partial charge is 0.0542 e. The van der Waals surface area contributed by atoms with Crippen LogP contribution in [0.1, 0.15) is 118 Å². The highest BCUT2D eigenvalue weighted by Gasteiger charge is 2.49. The van der Waals surface area contributed by atoms with E-state index in [0.29, 0.717) is 22.2 Å². The summed E-state index contributed by atoms with van der Waals surface area (Å²) in [6, 6.07) is 0. The van der Waals surface area contributed by atoms with Gasteiger partial charge in [0.1, 0.15) is 0 Å². The van der Waals surface area contributed by atoms with Crippen LogP contribution in [0.4, 0.5) is 0 Å². The van der Waals surface area contributed by atoms with Gasteiger partial charge < -0.3 is 5.11 Å². The van der Waals surface area contributed by atoms with Crippen LogP contribution in [0.2, 0.25) is 0 Å². The molecule has 0 aromatic heterocycles. The first-order chi connectivity index (χ1) is 13.2. The van der Waals surface area contributed by atoms with E-state index in [1.165, 1.54) is 70.6 Å². The molecule has 3 rings (SSSR count). The normalized spacial score (nSPS) is 50.1. The van der Waals surface area contributed by atoms with Crippen molar-refractivity contribution in [3.8, 4) is 0 Å². The summed E-state index contributed by atoms with van der Waals surface area (Å²) in [4.78, 5) is 0. The maximum Gasteiger partial charge on any atom is 0.0542 e. The van der Waals surface area contributed by atoms with Crippen molar-refractivity contribution in [3.05, 3.63) is 12.2 Å². The summed E-state index contributed by atoms with van der Waals surface area (Å²) in [6.07, 6.45) is 21.6. The average Bonchev–Trinajstić information content (AvgIpc) is 2.63. The molecule has 6 unspecified atom stereocenters. The molecule has 3 aliphatic carbocycles. The van der Waals surface area contributed by atoms with Crippen molar-refractivity contribution in [2.24, 2.45) is 34.0 Å². The molecule has 2 fully saturated rings. The predicted molar refractivity (Wildman–Crippen MR) is 121 cm³/mol. The largest absolute Gasteiger partial charge is 0.393 e. The molecule has 0 spiro atoms. The Labute approximate surface area is 175 Å². The van der Waals surface area contributed by atoms with Crippen LogP contribution in [0.25, 0.3) is 0 Å². The molecule has 1 nitrogen and oxygen atoms in total. The lowest BCUT2D eigenvalue weighted by Crippen LogP contribution is -2.45. The maximum absolute atomic E-state index is 10.6. The summed E-state index contributed by atoms with van der Waals surface area (Å²) in [5, 5.41) is 10.6. The molecule has 0 saturated heterocycles. The van der Waals surface area contributed by atoms with Crippen LogP contribution in [-0.4, -0.2) is 11.2 Å². The second-order valence-corrected chi connectivity index (χ2v) is 12.1. The van der Waals surface area contributed by atoms with E-state index in [1.54, 1.807) is 0 Å². The van der Waals surface area contributed by atoms with Crippen LogP contribution < -0.4 is 0 Å². The fourth-order valence-corrected chi connectivity index (χ4v) is 7.13. The zero-order valence-electron chi connectivity index (χ0n) is 19.6. The number of allylic oxidation sites excluding steroid dienone is 2. The van der Waals surface area contributed by atoms with E-state index < -0.39 is 0 Å². The topological polar surface area (TPSA) is 20.2 Å². The molecule has 2 saturated carbocycles. The zero-order chi connectivity index (χ0) is 20.4. The molecular weight excluding hydrogens is 340 g/mol. The molecule has 7 atom stereocenters. The van der Waals surface area contributed by atoms with Gasteiger partial charge in [-0.1, -0.05) is 66.0 Å². The lowest BCUT2D eigenvalue weighted by Gasteiger charge is -2.54. The van der Waals surface area contributed by atoms with Crippen molar-refractivity contribution >= 4 is 0 Å². The van der Waals surface area contributed by atoms with Crippen LogP contribution in [0.3, 0.4) is 0 Å². The quantitative estimate of drug-likeness (QED) is 0.418. The second-order valence-electron chi connectivity index (χ2n) is 12.1. The number of aliphatic hydroxyl groups is 1. The molecule has 4 bridgehead atoms. The first kappa shape index (κ1) is 22.4. The highest BCUT2D eigenvalue weighted by atomic mass is 16.3. The summed E-state index contributed by atoms with van der Waals surface area (Å²) in [6.45, 7) is 12.8. The molecule has 3 aliphatic rings. The van der Waals surface area contributed by atoms with E-state index in [-0.39, 0.29) is 6.10 Å². The van der Waals surface area contributed by atoms with E-state index in [2.05, 4.69) is 46.8 Å². The number of hydrogen-bond acceptors (Lipinski definition) is 1. The summed E-state index contributed by atoms with van der Waals surface area (Å²) < 4.78 is 0. The molecule has 1 N–H and O–H groups in total. The van der Waals surface area contributed by atoms with Crippen LogP contribution in [0.5, 0.6) is 0 Å². The standard InChI is InChI=1S/C27H48O/c1-21-20-24(28)12-9-16-26(4)17-13-23(21)11-6-7-14-25(3)15-8-10-22(2)27(26,5)19-18-25/h6-7,21-24,28H,8-20H2,1-5H3/b7-6+/t21?,22?,23?,24?,25?,26?,27-/m1/s1. The molecule has 0 heterocycles. The number of fused-ring (bicyclic) bond motifs is 7. The van der Waals surface area contributed by atoms with Gasteiger partial charge in [0.2, 0.25) is 0 Å². The zero-order valence-corrected chi connectivity index (χ0v) is 19.6. The lowest BCUT2D eigenvalue weighted by atomic mass is 9.51. The van der Waals surface area contributed by atoms with Crippen molar-refractivity contribution in [1.82, 2.24) is 0 Å². The van der Waals surface area contributed by atoms with Gasteiger partial charge in [-0.2, -0.15) is 0 Å². The molecule has 1 heteroatoms. The van der Waals surface area contributed by atoms with Crippen LogP contribution in [0, 0.1) is 34.0 Å². The van der Waals surface area contributed by atoms with Gasteiger partial charge in [0.15, 0.2) is 0 Å². The molecule has 0 aliphatic heterocycles. The van der Waals surface area contributed by atoms with Gasteiger partial charge >= 0.3 is 0 Å². The Hall–Kier alpha value is -0.300. The Kier molecular flexibility index (Phi) is 7.06. The van der Waals surface area contributed by atoms with Crippen molar-refractivity contribution in [2.45, 2.75) is 124 Å². The van der Waals surface area contributed by atoms with E-state index in [1.807, 2.05) is 0 Å². The van der Waals surface area contributed by atoms with Crippen molar-refractivity contribution in [2.75, 3.05) is 0 Å². The fourth-order valence-electron chi connectivity index (χ4n) is 7.13. The van der Waals surface area contributed by atoms with E-state index in [0.717, 1.165) is 24.7 Å². The summed E-state index contributed by atoms with van der Waals surface area (Å²) in [5.41, 5.74) is 1.32. The highest BCUT2D eigenvalue weighted by molar-refractivity contribution is 5.01. The summed E-state index contributed by atoms with van der Waals surface area (Å²) >= 11 is 0. The van der Waals surface area contributed by atoms with Crippen LogP contribution in [0.15, 0.2) is 12.2 Å². The fraction of sp³-hybridized carbons (Fsp3) is 0.926. The molecule has 0 amide bonds. The maximum atomic E-state index is 10.6. The summed E-state index contributed by atoms with van der Waals surface area (Å²) in [7, 11) is 0. The van der Waals surface area contributed by atoms with Gasteiger partial charge in [-0.3, -0.25) is 0 Å². The number of rotatable bonds is 0. The van der Waals surface area contributed by atoms with E-state index in [4.69, 9.17) is 0 Å². The van der Waals surface area contributed by atoms with E-state index >= 15 is 0 Å². The molecule has 162 valence electrons. The SMILES string of the molecule is CC1CC(O)CCCC2(C)CCC1C/C=C/CC1(C)CCCC(C)[C@@]2(C)CC1. The lowest BCUT2D eigenvalue weighted by molar-refractivity contribution is -0.0457. The van der Waals surface area contributed by atoms with Crippen molar-refractivity contribution < 1.29 is 5.11 Å². The predicted octanol–water partition coefficient (Wildman–Crippen LogP) is 7.92. The Morgan fingerprint density at radius 2 is 1.57 bits per heavy atom. The third-order valence-electron chi connectivity index (χ3n) is 10.1. The van der Waals surface area contributed by atoms with Gasteiger partial charge in [0, 0.05) is 0 Å². The molecule has 0 radical (unpaired) electrons. The highest BCUT2D eigenvalue weighted by Crippen LogP contribution is 2.58. The Morgan fingerprint density at radius 3 is 2.36 bits per heavy atom. The molecule has 0 aromatic rings. The Bertz CT molecular complexity index is 538. The third-order valence-corrected chi connectivity index (χ3v) is 10.1. The Balaban J connectivity index is 2.00. The molecule has 28 heavy (non-hydrogen) atoms. The first-order valence-corrected chi connectivity index (χ1v) is 12.5. The van der Waals surface area contributed by atoms with Gasteiger partial charge in [0.25, 0.3) is 0 Å². The second kappa shape index (κ2) is 8.83. The third kappa shape index (κ3) is 4.71. The number of hydrogen-bond donors (Lipinski definition) is 1. The van der Waals surface area contributed by atoms with Gasteiger partial charge in [-0.05, 0) is 98.2 Å².